The van der Waals surface area contributed by atoms with Gasteiger partial charge in [0.1, 0.15) is 5.01 Å². The molecule has 3 heterocycles. The van der Waals surface area contributed by atoms with Crippen molar-refractivity contribution in [2.45, 2.75) is 19.4 Å². The number of fused-ring (bicyclic) bond motifs is 1. The number of nitrogens with one attached hydrogen (secondary N) is 1. The Morgan fingerprint density at radius 3 is 3.12 bits per heavy atom. The second-order valence-corrected chi connectivity index (χ2v) is 8.15. The van der Waals surface area contributed by atoms with Crippen LogP contribution in [-0.2, 0) is 11.3 Å². The van der Waals surface area contributed by atoms with E-state index < -0.39 is 0 Å². The molecule has 1 unspecified atom stereocenters. The van der Waals surface area contributed by atoms with Crippen molar-refractivity contribution in [1.29, 1.82) is 0 Å². The van der Waals surface area contributed by atoms with Crippen molar-refractivity contribution in [3.05, 3.63) is 28.2 Å². The van der Waals surface area contributed by atoms with Gasteiger partial charge in [0.25, 0.3) is 0 Å². The van der Waals surface area contributed by atoms with E-state index >= 15 is 0 Å². The van der Waals surface area contributed by atoms with Crippen molar-refractivity contribution in [2.24, 2.45) is 10.4 Å². The van der Waals surface area contributed by atoms with Gasteiger partial charge in [-0.2, -0.15) is 0 Å². The first-order valence-electron chi connectivity index (χ1n) is 8.26. The monoisotopic (exact) mass is 492 g/mol. The van der Waals surface area contributed by atoms with Gasteiger partial charge in [0.15, 0.2) is 5.96 Å². The minimum absolute atomic E-state index is 0. The molecule has 2 fully saturated rings. The minimum atomic E-state index is 0. The molecule has 2 saturated heterocycles. The van der Waals surface area contributed by atoms with Crippen LogP contribution >= 0.6 is 46.9 Å². The fourth-order valence-electron chi connectivity index (χ4n) is 3.60. The molecule has 0 radical (unpaired) electrons. The number of nitrogens with zero attached hydrogens (tertiary/aromatic N) is 3. The zero-order chi connectivity index (χ0) is 16.6. The van der Waals surface area contributed by atoms with Crippen LogP contribution < -0.4 is 5.32 Å². The van der Waals surface area contributed by atoms with Crippen molar-refractivity contribution in [2.75, 3.05) is 33.4 Å². The van der Waals surface area contributed by atoms with Gasteiger partial charge in [0.05, 0.1) is 23.4 Å². The molecule has 2 aromatic rings. The molecule has 25 heavy (non-hydrogen) atoms. The van der Waals surface area contributed by atoms with Crippen LogP contribution in [0.25, 0.3) is 10.2 Å². The third kappa shape index (κ3) is 4.04. The number of hydrogen-bond donors (Lipinski definition) is 1. The molecule has 8 heteroatoms. The van der Waals surface area contributed by atoms with E-state index in [1.165, 1.54) is 12.8 Å². The summed E-state index contributed by atoms with van der Waals surface area (Å²) in [6.45, 7) is 4.54. The molecule has 0 aliphatic carbocycles. The maximum absolute atomic E-state index is 6.04. The van der Waals surface area contributed by atoms with Gasteiger partial charge < -0.3 is 15.0 Å². The van der Waals surface area contributed by atoms with Crippen molar-refractivity contribution < 1.29 is 4.74 Å². The molecule has 1 aromatic heterocycles. The lowest BCUT2D eigenvalue weighted by molar-refractivity contribution is 0.156. The average molecular weight is 493 g/mol. The lowest BCUT2D eigenvalue weighted by Gasteiger charge is -2.24. The Bertz CT molecular complexity index is 775. The van der Waals surface area contributed by atoms with Crippen molar-refractivity contribution in [1.82, 2.24) is 15.2 Å². The van der Waals surface area contributed by atoms with Crippen LogP contribution in [0.5, 0.6) is 0 Å². The van der Waals surface area contributed by atoms with Crippen LogP contribution in [0.4, 0.5) is 0 Å². The van der Waals surface area contributed by atoms with E-state index in [0.29, 0.717) is 12.0 Å². The highest BCUT2D eigenvalue weighted by Gasteiger charge is 2.42. The second-order valence-electron chi connectivity index (χ2n) is 6.59. The Kier molecular flexibility index (Phi) is 6.07. The first kappa shape index (κ1) is 19.1. The summed E-state index contributed by atoms with van der Waals surface area (Å²) in [5.41, 5.74) is 1.30. The molecule has 0 amide bonds. The number of benzene rings is 1. The molecule has 4 rings (SSSR count). The molecule has 1 atom stereocenters. The zero-order valence-corrected chi connectivity index (χ0v) is 18.0. The predicted molar refractivity (Wildman–Crippen MR) is 114 cm³/mol. The van der Waals surface area contributed by atoms with Crippen molar-refractivity contribution in [3.8, 4) is 0 Å². The molecule has 0 bridgehead atoms. The van der Waals surface area contributed by atoms with Gasteiger partial charge >= 0.3 is 0 Å². The highest BCUT2D eigenvalue weighted by atomic mass is 127. The van der Waals surface area contributed by atoms with Crippen LogP contribution in [0.3, 0.4) is 0 Å². The predicted octanol–water partition coefficient (Wildman–Crippen LogP) is 3.76. The van der Waals surface area contributed by atoms with E-state index in [1.807, 2.05) is 25.2 Å². The molecule has 2 aliphatic rings. The third-order valence-corrected chi connectivity index (χ3v) is 6.20. The van der Waals surface area contributed by atoms with Gasteiger partial charge in [0.2, 0.25) is 0 Å². The molecular formula is C17H22ClIN4OS. The summed E-state index contributed by atoms with van der Waals surface area (Å²) in [4.78, 5) is 11.5. The van der Waals surface area contributed by atoms with Crippen molar-refractivity contribution in [3.63, 3.8) is 0 Å². The fraction of sp³-hybridized carbons (Fsp3) is 0.529. The number of halogens is 2. The van der Waals surface area contributed by atoms with Gasteiger partial charge in [-0.25, -0.2) is 4.98 Å². The SMILES string of the molecule is CN=C(NCc1nc2cc(Cl)ccc2s1)N1CCC2(CCOC2)C1.I. The number of rotatable bonds is 2. The summed E-state index contributed by atoms with van der Waals surface area (Å²) < 4.78 is 6.77. The van der Waals surface area contributed by atoms with Crippen LogP contribution in [0.2, 0.25) is 5.02 Å². The van der Waals surface area contributed by atoms with Gasteiger partial charge in [-0.05, 0) is 31.0 Å². The average Bonchev–Trinajstić information content (AvgIpc) is 3.29. The van der Waals surface area contributed by atoms with Gasteiger partial charge in [-0.1, -0.05) is 11.6 Å². The maximum Gasteiger partial charge on any atom is 0.194 e. The molecule has 1 N–H and O–H groups in total. The topological polar surface area (TPSA) is 49.8 Å². The van der Waals surface area contributed by atoms with E-state index in [1.54, 1.807) is 11.3 Å². The first-order valence-corrected chi connectivity index (χ1v) is 9.45. The lowest BCUT2D eigenvalue weighted by Crippen LogP contribution is -2.41. The van der Waals surface area contributed by atoms with E-state index in [2.05, 4.69) is 20.2 Å². The van der Waals surface area contributed by atoms with Crippen LogP contribution in [0.15, 0.2) is 23.2 Å². The largest absolute Gasteiger partial charge is 0.381 e. The Hall–Kier alpha value is -0.640. The first-order chi connectivity index (χ1) is 11.7. The highest BCUT2D eigenvalue weighted by Crippen LogP contribution is 2.38. The summed E-state index contributed by atoms with van der Waals surface area (Å²) >= 11 is 7.73. The summed E-state index contributed by atoms with van der Waals surface area (Å²) in [5, 5.41) is 5.23. The van der Waals surface area contributed by atoms with Crippen molar-refractivity contribution >= 4 is 63.1 Å². The smallest absolute Gasteiger partial charge is 0.194 e. The molecule has 1 aromatic carbocycles. The summed E-state index contributed by atoms with van der Waals surface area (Å²) in [6, 6.07) is 5.85. The molecule has 1 spiro atoms. The number of aliphatic imine (C=N–C) groups is 1. The number of ether oxygens (including phenoxy) is 1. The number of hydrogen-bond acceptors (Lipinski definition) is 4. The molecule has 5 nitrogen and oxygen atoms in total. The van der Waals surface area contributed by atoms with E-state index in [9.17, 15) is 0 Å². The number of guanidine groups is 1. The van der Waals surface area contributed by atoms with Crippen LogP contribution in [-0.4, -0.2) is 49.2 Å². The number of likely N-dealkylation sites (tertiary alicyclic amines) is 1. The van der Waals surface area contributed by atoms with E-state index in [-0.39, 0.29) is 24.0 Å². The molecule has 0 saturated carbocycles. The van der Waals surface area contributed by atoms with Crippen LogP contribution in [0, 0.1) is 5.41 Å². The number of thiazole rings is 1. The second kappa shape index (κ2) is 7.94. The standard InChI is InChI=1S/C17H21ClN4OS.HI/c1-19-16(22-6-4-17(10-22)5-7-23-11-17)20-9-15-21-13-8-12(18)2-3-14(13)24-15;/h2-3,8H,4-7,9-11H2,1H3,(H,19,20);1H. The van der Waals surface area contributed by atoms with Gasteiger partial charge in [-0.3, -0.25) is 4.99 Å². The summed E-state index contributed by atoms with van der Waals surface area (Å²) in [7, 11) is 1.84. The highest BCUT2D eigenvalue weighted by molar-refractivity contribution is 14.0. The quantitative estimate of drug-likeness (QED) is 0.394. The Morgan fingerprint density at radius 2 is 2.36 bits per heavy atom. The molecular weight excluding hydrogens is 471 g/mol. The summed E-state index contributed by atoms with van der Waals surface area (Å²) in [5.74, 6) is 0.955. The summed E-state index contributed by atoms with van der Waals surface area (Å²) in [6.07, 6.45) is 2.35. The minimum Gasteiger partial charge on any atom is -0.381 e. The van der Waals surface area contributed by atoms with Gasteiger partial charge in [0, 0.05) is 37.2 Å². The van der Waals surface area contributed by atoms with Crippen LogP contribution in [0.1, 0.15) is 17.8 Å². The lowest BCUT2D eigenvalue weighted by atomic mass is 9.87. The number of aromatic nitrogens is 1. The third-order valence-electron chi connectivity index (χ3n) is 4.93. The zero-order valence-electron chi connectivity index (χ0n) is 14.1. The Morgan fingerprint density at radius 1 is 1.48 bits per heavy atom. The fourth-order valence-corrected chi connectivity index (χ4v) is 4.65. The maximum atomic E-state index is 6.04. The van der Waals surface area contributed by atoms with Gasteiger partial charge in [-0.15, -0.1) is 35.3 Å². The normalized spacial score (nSPS) is 23.4. The van der Waals surface area contributed by atoms with E-state index in [0.717, 1.165) is 52.5 Å². The Labute approximate surface area is 173 Å². The Balaban J connectivity index is 0.00000182. The molecule has 2 aliphatic heterocycles. The van der Waals surface area contributed by atoms with E-state index in [4.69, 9.17) is 16.3 Å². The molecule has 136 valence electrons.